The van der Waals surface area contributed by atoms with E-state index in [1.54, 1.807) is 0 Å². The second-order valence-corrected chi connectivity index (χ2v) is 6.13. The molecule has 0 radical (unpaired) electrons. The molecule has 142 valence electrons. The van der Waals surface area contributed by atoms with Crippen LogP contribution in [0, 0.1) is 0 Å². The number of anilines is 1. The lowest BCUT2D eigenvalue weighted by Crippen LogP contribution is -2.35. The van der Waals surface area contributed by atoms with Gasteiger partial charge < -0.3 is 10.1 Å². The Morgan fingerprint density at radius 2 is 1.89 bits per heavy atom. The van der Waals surface area contributed by atoms with E-state index in [4.69, 9.17) is 4.74 Å². The molecule has 1 N–H and O–H groups in total. The van der Waals surface area contributed by atoms with Crippen LogP contribution in [0.1, 0.15) is 11.1 Å². The van der Waals surface area contributed by atoms with Gasteiger partial charge in [-0.15, -0.1) is 0 Å². The second kappa shape index (κ2) is 7.69. The minimum Gasteiger partial charge on any atom is -0.442 e. The fourth-order valence-electron chi connectivity index (χ4n) is 2.76. The zero-order valence-corrected chi connectivity index (χ0v) is 14.2. The normalized spacial score (nSPS) is 16.9. The van der Waals surface area contributed by atoms with Crippen LogP contribution in [-0.2, 0) is 22.1 Å². The van der Waals surface area contributed by atoms with Crippen LogP contribution in [0.2, 0.25) is 0 Å². The minimum atomic E-state index is -4.50. The van der Waals surface area contributed by atoms with E-state index in [0.717, 1.165) is 22.6 Å². The van der Waals surface area contributed by atoms with Gasteiger partial charge in [0.1, 0.15) is 6.10 Å². The fourth-order valence-corrected chi connectivity index (χ4v) is 2.76. The van der Waals surface area contributed by atoms with Crippen molar-refractivity contribution >= 4 is 17.7 Å². The van der Waals surface area contributed by atoms with Crippen molar-refractivity contribution in [1.29, 1.82) is 0 Å². The topological polar surface area (TPSA) is 58.6 Å². The van der Waals surface area contributed by atoms with Gasteiger partial charge in [0.2, 0.25) is 5.91 Å². The number of rotatable bonds is 5. The van der Waals surface area contributed by atoms with Crippen molar-refractivity contribution in [3.63, 3.8) is 0 Å². The van der Waals surface area contributed by atoms with Gasteiger partial charge in [0.05, 0.1) is 25.1 Å². The van der Waals surface area contributed by atoms with E-state index in [1.165, 1.54) is 12.1 Å². The summed E-state index contributed by atoms with van der Waals surface area (Å²) in [6, 6.07) is 13.6. The third kappa shape index (κ3) is 4.78. The van der Waals surface area contributed by atoms with Crippen LogP contribution in [0.15, 0.2) is 54.6 Å². The molecule has 1 fully saturated rings. The van der Waals surface area contributed by atoms with E-state index in [1.807, 2.05) is 30.3 Å². The third-order valence-corrected chi connectivity index (χ3v) is 4.09. The van der Waals surface area contributed by atoms with Crippen LogP contribution in [-0.4, -0.2) is 31.2 Å². The van der Waals surface area contributed by atoms with Crippen molar-refractivity contribution < 1.29 is 27.5 Å². The number of nitrogens with zero attached hydrogens (tertiary/aromatic N) is 1. The number of alkyl halides is 3. The molecule has 0 spiro atoms. The van der Waals surface area contributed by atoms with E-state index in [-0.39, 0.29) is 31.1 Å². The molecule has 0 aromatic heterocycles. The third-order valence-electron chi connectivity index (χ3n) is 4.09. The van der Waals surface area contributed by atoms with Crippen molar-refractivity contribution in [3.8, 4) is 0 Å². The Labute approximate surface area is 153 Å². The molecule has 0 saturated carbocycles. The lowest BCUT2D eigenvalue weighted by atomic mass is 10.1. The molecule has 5 nitrogen and oxygen atoms in total. The number of ether oxygens (including phenoxy) is 1. The van der Waals surface area contributed by atoms with Gasteiger partial charge in [-0.25, -0.2) is 4.79 Å². The van der Waals surface area contributed by atoms with Crippen molar-refractivity contribution in [2.75, 3.05) is 18.0 Å². The Kier molecular flexibility index (Phi) is 5.34. The van der Waals surface area contributed by atoms with E-state index in [0.29, 0.717) is 0 Å². The lowest BCUT2D eigenvalue weighted by molar-refractivity contribution is -0.137. The average molecular weight is 378 g/mol. The Morgan fingerprint density at radius 3 is 2.59 bits per heavy atom. The van der Waals surface area contributed by atoms with Crippen LogP contribution >= 0.6 is 0 Å². The van der Waals surface area contributed by atoms with Crippen LogP contribution in [0.4, 0.5) is 23.7 Å². The van der Waals surface area contributed by atoms with E-state index < -0.39 is 23.9 Å². The predicted molar refractivity (Wildman–Crippen MR) is 92.2 cm³/mol. The number of carbonyl (C=O) groups excluding carboxylic acids is 2. The number of hydrogen-bond donors (Lipinski definition) is 1. The summed E-state index contributed by atoms with van der Waals surface area (Å²) in [5, 5.41) is 2.68. The minimum absolute atomic E-state index is 0.0613. The summed E-state index contributed by atoms with van der Waals surface area (Å²) < 4.78 is 43.7. The molecule has 1 atom stereocenters. The van der Waals surface area contributed by atoms with E-state index in [2.05, 4.69) is 5.32 Å². The summed E-state index contributed by atoms with van der Waals surface area (Å²) in [6.07, 6.45) is -5.67. The molecule has 2 amide bonds. The maximum atomic E-state index is 12.8. The van der Waals surface area contributed by atoms with Crippen molar-refractivity contribution in [1.82, 2.24) is 5.32 Å². The molecule has 8 heteroatoms. The van der Waals surface area contributed by atoms with Crippen molar-refractivity contribution in [2.45, 2.75) is 18.7 Å². The first-order chi connectivity index (χ1) is 12.8. The molecule has 0 aliphatic carbocycles. The highest BCUT2D eigenvalue weighted by atomic mass is 19.4. The summed E-state index contributed by atoms with van der Waals surface area (Å²) in [5.41, 5.74) is 0.115. The number of hydrogen-bond acceptors (Lipinski definition) is 3. The SMILES string of the molecule is O=C(Cc1ccccc1)NCC1CN(c2cccc(C(F)(F)F)c2)C(=O)O1. The summed E-state index contributed by atoms with van der Waals surface area (Å²) in [6.45, 7) is 0.151. The van der Waals surface area contributed by atoms with Gasteiger partial charge in [0.25, 0.3) is 0 Å². The quantitative estimate of drug-likeness (QED) is 0.868. The Hall–Kier alpha value is -3.03. The summed E-state index contributed by atoms with van der Waals surface area (Å²) >= 11 is 0. The van der Waals surface area contributed by atoms with Crippen LogP contribution in [0.3, 0.4) is 0 Å². The zero-order valence-electron chi connectivity index (χ0n) is 14.2. The molecule has 1 aliphatic heterocycles. The van der Waals surface area contributed by atoms with Gasteiger partial charge in [-0.3, -0.25) is 9.69 Å². The number of carbonyl (C=O) groups is 2. The maximum Gasteiger partial charge on any atom is 0.416 e. The van der Waals surface area contributed by atoms with Gasteiger partial charge in [-0.2, -0.15) is 13.2 Å². The molecule has 1 saturated heterocycles. The fraction of sp³-hybridized carbons (Fsp3) is 0.263. The predicted octanol–water partition coefficient (Wildman–Crippen LogP) is 3.39. The number of amides is 2. The molecule has 27 heavy (non-hydrogen) atoms. The number of cyclic esters (lactones) is 1. The van der Waals surface area contributed by atoms with Crippen LogP contribution in [0.25, 0.3) is 0 Å². The van der Waals surface area contributed by atoms with E-state index >= 15 is 0 Å². The molecule has 1 heterocycles. The number of benzene rings is 2. The summed E-state index contributed by atoms with van der Waals surface area (Å²) in [5.74, 6) is -0.227. The highest BCUT2D eigenvalue weighted by Gasteiger charge is 2.35. The molecule has 0 bridgehead atoms. The van der Waals surface area contributed by atoms with Gasteiger partial charge in [-0.05, 0) is 23.8 Å². The Balaban J connectivity index is 1.57. The second-order valence-electron chi connectivity index (χ2n) is 6.13. The average Bonchev–Trinajstić information content (AvgIpc) is 3.01. The van der Waals surface area contributed by atoms with Crippen molar-refractivity contribution in [2.24, 2.45) is 0 Å². The van der Waals surface area contributed by atoms with Crippen molar-refractivity contribution in [3.05, 3.63) is 65.7 Å². The standard InChI is InChI=1S/C19H17F3N2O3/c20-19(21,22)14-7-4-8-15(10-14)24-12-16(27-18(24)26)11-23-17(25)9-13-5-2-1-3-6-13/h1-8,10,16H,9,11-12H2,(H,23,25). The van der Waals surface area contributed by atoms with E-state index in [9.17, 15) is 22.8 Å². The lowest BCUT2D eigenvalue weighted by Gasteiger charge is -2.15. The first kappa shape index (κ1) is 18.8. The summed E-state index contributed by atoms with van der Waals surface area (Å²) in [7, 11) is 0. The van der Waals surface area contributed by atoms with Gasteiger partial charge in [-0.1, -0.05) is 36.4 Å². The highest BCUT2D eigenvalue weighted by Crippen LogP contribution is 2.32. The number of halogens is 3. The Morgan fingerprint density at radius 1 is 1.15 bits per heavy atom. The number of nitrogens with one attached hydrogen (secondary N) is 1. The van der Waals surface area contributed by atoms with Gasteiger partial charge in [0, 0.05) is 5.69 Å². The molecular weight excluding hydrogens is 361 g/mol. The molecule has 3 rings (SSSR count). The monoisotopic (exact) mass is 378 g/mol. The first-order valence-electron chi connectivity index (χ1n) is 8.29. The van der Waals surface area contributed by atoms with Crippen LogP contribution < -0.4 is 10.2 Å². The molecular formula is C19H17F3N2O3. The summed E-state index contributed by atoms with van der Waals surface area (Å²) in [4.78, 5) is 25.1. The maximum absolute atomic E-state index is 12.8. The largest absolute Gasteiger partial charge is 0.442 e. The molecule has 1 aliphatic rings. The van der Waals surface area contributed by atoms with Crippen LogP contribution in [0.5, 0.6) is 0 Å². The molecule has 1 unspecified atom stereocenters. The zero-order chi connectivity index (χ0) is 19.4. The Bertz CT molecular complexity index is 824. The van der Waals surface area contributed by atoms with Gasteiger partial charge in [0.15, 0.2) is 0 Å². The van der Waals surface area contributed by atoms with Gasteiger partial charge >= 0.3 is 12.3 Å². The molecule has 2 aromatic rings. The first-order valence-corrected chi connectivity index (χ1v) is 8.29. The highest BCUT2D eigenvalue weighted by molar-refractivity contribution is 5.90. The smallest absolute Gasteiger partial charge is 0.416 e. The molecule has 2 aromatic carbocycles.